The Morgan fingerprint density at radius 1 is 1.37 bits per heavy atom. The van der Waals surface area contributed by atoms with Gasteiger partial charge in [0, 0.05) is 11.8 Å². The van der Waals surface area contributed by atoms with Crippen LogP contribution in [0.3, 0.4) is 0 Å². The molecule has 0 spiro atoms. The maximum Gasteiger partial charge on any atom is 0.248 e. The lowest BCUT2D eigenvalue weighted by molar-refractivity contribution is 0.1000. The monoisotopic (exact) mass is 371 g/mol. The van der Waals surface area contributed by atoms with Gasteiger partial charge in [-0.1, -0.05) is 0 Å². The molecule has 1 aromatic carbocycles. The Bertz CT molecular complexity index is 619. The average molecular weight is 371 g/mol. The summed E-state index contributed by atoms with van der Waals surface area (Å²) >= 11 is 2.06. The molecule has 1 aromatic heterocycles. The van der Waals surface area contributed by atoms with Crippen LogP contribution >= 0.6 is 22.6 Å². The minimum atomic E-state index is -0.526. The zero-order valence-corrected chi connectivity index (χ0v) is 12.1. The Balaban J connectivity index is 2.35. The second-order valence-corrected chi connectivity index (χ2v) is 4.67. The number of carbonyl (C=O) groups excluding carboxylic acids is 1. The molecular formula is C12H10IN3O3. The number of rotatable bonds is 4. The van der Waals surface area contributed by atoms with Gasteiger partial charge >= 0.3 is 0 Å². The first-order chi connectivity index (χ1) is 9.11. The lowest BCUT2D eigenvalue weighted by Gasteiger charge is -2.11. The van der Waals surface area contributed by atoms with Gasteiger partial charge in [-0.2, -0.15) is 0 Å². The summed E-state index contributed by atoms with van der Waals surface area (Å²) in [6, 6.07) is 4.69. The molecule has 6 nitrogen and oxygen atoms in total. The molecule has 0 saturated heterocycles. The minimum Gasteiger partial charge on any atom is -0.493 e. The van der Waals surface area contributed by atoms with Crippen LogP contribution in [0.5, 0.6) is 17.4 Å². The van der Waals surface area contributed by atoms with Gasteiger partial charge in [0.2, 0.25) is 11.8 Å². The smallest absolute Gasteiger partial charge is 0.248 e. The van der Waals surface area contributed by atoms with E-state index in [4.69, 9.17) is 15.2 Å². The molecule has 2 aromatic rings. The number of hydrogen-bond acceptors (Lipinski definition) is 5. The number of carbonyl (C=O) groups is 1. The molecule has 2 N–H and O–H groups in total. The molecule has 1 amide bonds. The number of aromatic nitrogens is 2. The van der Waals surface area contributed by atoms with Crippen molar-refractivity contribution in [1.82, 2.24) is 9.97 Å². The largest absolute Gasteiger partial charge is 0.493 e. The topological polar surface area (TPSA) is 87.3 Å². The molecular weight excluding hydrogens is 361 g/mol. The SMILES string of the molecule is COc1cc(C(N)=O)ccc1Oc1ncncc1I. The molecule has 0 bridgehead atoms. The molecule has 19 heavy (non-hydrogen) atoms. The van der Waals surface area contributed by atoms with Crippen molar-refractivity contribution in [3.63, 3.8) is 0 Å². The summed E-state index contributed by atoms with van der Waals surface area (Å²) in [5.41, 5.74) is 5.56. The van der Waals surface area contributed by atoms with Crippen LogP contribution in [0, 0.1) is 3.57 Å². The van der Waals surface area contributed by atoms with E-state index in [0.717, 1.165) is 3.57 Å². The second kappa shape index (κ2) is 5.83. The summed E-state index contributed by atoms with van der Waals surface area (Å²) < 4.78 is 11.6. The molecule has 0 aliphatic heterocycles. The number of benzene rings is 1. The third-order valence-electron chi connectivity index (χ3n) is 2.29. The highest BCUT2D eigenvalue weighted by molar-refractivity contribution is 14.1. The Labute approximate surface area is 123 Å². The zero-order valence-electron chi connectivity index (χ0n) is 9.96. The maximum absolute atomic E-state index is 11.1. The number of nitrogens with zero attached hydrogens (tertiary/aromatic N) is 2. The number of hydrogen-bond donors (Lipinski definition) is 1. The van der Waals surface area contributed by atoms with Crippen LogP contribution in [0.25, 0.3) is 0 Å². The van der Waals surface area contributed by atoms with Gasteiger partial charge in [-0.25, -0.2) is 9.97 Å². The van der Waals surface area contributed by atoms with E-state index in [2.05, 4.69) is 32.6 Å². The number of nitrogens with two attached hydrogens (primary N) is 1. The number of ether oxygens (including phenoxy) is 2. The van der Waals surface area contributed by atoms with Crippen molar-refractivity contribution in [3.05, 3.63) is 39.9 Å². The van der Waals surface area contributed by atoms with Crippen LogP contribution in [0.4, 0.5) is 0 Å². The fourth-order valence-electron chi connectivity index (χ4n) is 1.39. The van der Waals surface area contributed by atoms with E-state index < -0.39 is 5.91 Å². The van der Waals surface area contributed by atoms with Crippen molar-refractivity contribution in [2.45, 2.75) is 0 Å². The van der Waals surface area contributed by atoms with Crippen LogP contribution in [0.2, 0.25) is 0 Å². The van der Waals surface area contributed by atoms with Crippen molar-refractivity contribution in [1.29, 1.82) is 0 Å². The summed E-state index contributed by atoms with van der Waals surface area (Å²) in [7, 11) is 1.48. The van der Waals surface area contributed by atoms with Crippen LogP contribution in [0.1, 0.15) is 10.4 Å². The van der Waals surface area contributed by atoms with Gasteiger partial charge in [-0.05, 0) is 40.8 Å². The van der Waals surface area contributed by atoms with Gasteiger partial charge in [0.1, 0.15) is 6.33 Å². The van der Waals surface area contributed by atoms with E-state index in [1.165, 1.54) is 19.5 Å². The lowest BCUT2D eigenvalue weighted by Crippen LogP contribution is -2.10. The molecule has 7 heteroatoms. The molecule has 2 rings (SSSR count). The predicted molar refractivity (Wildman–Crippen MR) is 76.3 cm³/mol. The van der Waals surface area contributed by atoms with Gasteiger partial charge in [-0.15, -0.1) is 0 Å². The molecule has 1 heterocycles. The highest BCUT2D eigenvalue weighted by Gasteiger charge is 2.11. The van der Waals surface area contributed by atoms with Crippen LogP contribution in [-0.4, -0.2) is 23.0 Å². The third kappa shape index (κ3) is 3.11. The highest BCUT2D eigenvalue weighted by atomic mass is 127. The minimum absolute atomic E-state index is 0.349. The fourth-order valence-corrected chi connectivity index (χ4v) is 1.80. The molecule has 0 aliphatic rings. The van der Waals surface area contributed by atoms with Crippen molar-refractivity contribution in [2.75, 3.05) is 7.11 Å². The Hall–Kier alpha value is -1.90. The van der Waals surface area contributed by atoms with Gasteiger partial charge < -0.3 is 15.2 Å². The van der Waals surface area contributed by atoms with Crippen LogP contribution in [0.15, 0.2) is 30.7 Å². The second-order valence-electron chi connectivity index (χ2n) is 3.51. The zero-order chi connectivity index (χ0) is 13.8. The van der Waals surface area contributed by atoms with E-state index in [9.17, 15) is 4.79 Å². The van der Waals surface area contributed by atoms with E-state index >= 15 is 0 Å². The first kappa shape index (κ1) is 13.5. The van der Waals surface area contributed by atoms with Crippen molar-refractivity contribution >= 4 is 28.5 Å². The fraction of sp³-hybridized carbons (Fsp3) is 0.0833. The van der Waals surface area contributed by atoms with Gasteiger partial charge in [0.05, 0.1) is 10.7 Å². The summed E-state index contributed by atoms with van der Waals surface area (Å²) in [6.45, 7) is 0. The van der Waals surface area contributed by atoms with Gasteiger partial charge in [-0.3, -0.25) is 4.79 Å². The standard InChI is InChI=1S/C12H10IN3O3/c1-18-10-4-7(11(14)17)2-3-9(10)19-12-8(13)5-15-6-16-12/h2-6H,1H3,(H2,14,17). The quantitative estimate of drug-likeness (QED) is 0.831. The van der Waals surface area contributed by atoms with E-state index in [0.29, 0.717) is 22.9 Å². The van der Waals surface area contributed by atoms with Crippen LogP contribution in [-0.2, 0) is 0 Å². The number of halogens is 1. The first-order valence-electron chi connectivity index (χ1n) is 5.23. The highest BCUT2D eigenvalue weighted by Crippen LogP contribution is 2.32. The Kier molecular flexibility index (Phi) is 4.15. The maximum atomic E-state index is 11.1. The third-order valence-corrected chi connectivity index (χ3v) is 3.03. The summed E-state index contributed by atoms with van der Waals surface area (Å²) in [6.07, 6.45) is 3.02. The van der Waals surface area contributed by atoms with Crippen molar-refractivity contribution < 1.29 is 14.3 Å². The number of primary amides is 1. The van der Waals surface area contributed by atoms with E-state index in [1.54, 1.807) is 18.3 Å². The summed E-state index contributed by atoms with van der Waals surface area (Å²) in [4.78, 5) is 19.0. The summed E-state index contributed by atoms with van der Waals surface area (Å²) in [5, 5.41) is 0. The Morgan fingerprint density at radius 3 is 2.79 bits per heavy atom. The molecule has 0 radical (unpaired) electrons. The molecule has 0 fully saturated rings. The van der Waals surface area contributed by atoms with Gasteiger partial charge in [0.15, 0.2) is 11.5 Å². The molecule has 0 aliphatic carbocycles. The van der Waals surface area contributed by atoms with Crippen molar-refractivity contribution in [2.24, 2.45) is 5.73 Å². The Morgan fingerprint density at radius 2 is 2.16 bits per heavy atom. The average Bonchev–Trinajstić information content (AvgIpc) is 2.41. The summed E-state index contributed by atoms with van der Waals surface area (Å²) in [5.74, 6) is 0.747. The molecule has 0 saturated carbocycles. The number of methoxy groups -OCH3 is 1. The van der Waals surface area contributed by atoms with E-state index in [1.807, 2.05) is 0 Å². The van der Waals surface area contributed by atoms with E-state index in [-0.39, 0.29) is 0 Å². The lowest BCUT2D eigenvalue weighted by atomic mass is 10.2. The normalized spacial score (nSPS) is 10.0. The van der Waals surface area contributed by atoms with Crippen LogP contribution < -0.4 is 15.2 Å². The van der Waals surface area contributed by atoms with Gasteiger partial charge in [0.25, 0.3) is 0 Å². The first-order valence-corrected chi connectivity index (χ1v) is 6.31. The van der Waals surface area contributed by atoms with Crippen molar-refractivity contribution in [3.8, 4) is 17.4 Å². The molecule has 98 valence electrons. The predicted octanol–water partition coefficient (Wildman–Crippen LogP) is 1.98. The number of amides is 1. The molecule has 0 atom stereocenters. The molecule has 0 unspecified atom stereocenters.